The highest BCUT2D eigenvalue weighted by Gasteiger charge is 2.14. The molecule has 0 spiro atoms. The fourth-order valence-electron chi connectivity index (χ4n) is 2.71. The van der Waals surface area contributed by atoms with Crippen molar-refractivity contribution in [2.45, 2.75) is 32.1 Å². The van der Waals surface area contributed by atoms with Crippen LogP contribution in [0.3, 0.4) is 0 Å². The van der Waals surface area contributed by atoms with Gasteiger partial charge in [0.25, 0.3) is 0 Å². The van der Waals surface area contributed by atoms with E-state index in [2.05, 4.69) is 20.8 Å². The minimum absolute atomic E-state index is 0.105. The number of rotatable bonds is 7. The first-order chi connectivity index (χ1) is 11.3. The van der Waals surface area contributed by atoms with Crippen molar-refractivity contribution in [1.82, 2.24) is 20.8 Å². The summed E-state index contributed by atoms with van der Waals surface area (Å²) in [5.41, 5.74) is 0. The molecule has 3 rings (SSSR count). The fraction of sp³-hybridized carbons (Fsp3) is 0.562. The standard InChI is InChI=1S/C16H22N4O2S/c21-14(18-11-12-4-2-8-17-10-12)6-1-7-15-19-16(20-22-15)13-5-3-9-23-13/h3,5,9,12,17H,1-2,4,6-8,10-11H2,(H,18,21). The Balaban J connectivity index is 1.35. The zero-order valence-electron chi connectivity index (χ0n) is 13.1. The van der Waals surface area contributed by atoms with E-state index in [-0.39, 0.29) is 5.91 Å². The van der Waals surface area contributed by atoms with Gasteiger partial charge in [0.15, 0.2) is 0 Å². The Labute approximate surface area is 139 Å². The minimum Gasteiger partial charge on any atom is -0.356 e. The van der Waals surface area contributed by atoms with Crippen LogP contribution in [0, 0.1) is 5.92 Å². The Morgan fingerprint density at radius 1 is 1.52 bits per heavy atom. The van der Waals surface area contributed by atoms with Gasteiger partial charge in [0, 0.05) is 19.4 Å². The molecule has 1 saturated heterocycles. The molecule has 0 bridgehead atoms. The van der Waals surface area contributed by atoms with Gasteiger partial charge < -0.3 is 15.2 Å². The van der Waals surface area contributed by atoms with Crippen molar-refractivity contribution in [3.05, 3.63) is 23.4 Å². The lowest BCUT2D eigenvalue weighted by Crippen LogP contribution is -2.38. The second-order valence-electron chi connectivity index (χ2n) is 5.86. The third-order valence-electron chi connectivity index (χ3n) is 3.99. The molecule has 1 atom stereocenters. The van der Waals surface area contributed by atoms with E-state index in [1.807, 2.05) is 17.5 Å². The molecule has 23 heavy (non-hydrogen) atoms. The van der Waals surface area contributed by atoms with Crippen LogP contribution in [0.15, 0.2) is 22.0 Å². The number of aromatic nitrogens is 2. The highest BCUT2D eigenvalue weighted by atomic mass is 32.1. The van der Waals surface area contributed by atoms with E-state index in [1.54, 1.807) is 11.3 Å². The van der Waals surface area contributed by atoms with Crippen molar-refractivity contribution in [3.63, 3.8) is 0 Å². The van der Waals surface area contributed by atoms with Crippen LogP contribution in [-0.4, -0.2) is 35.7 Å². The molecule has 2 N–H and O–H groups in total. The van der Waals surface area contributed by atoms with Gasteiger partial charge in [-0.25, -0.2) is 0 Å². The summed E-state index contributed by atoms with van der Waals surface area (Å²) in [5.74, 6) is 1.90. The SMILES string of the molecule is O=C(CCCc1nc(-c2cccs2)no1)NCC1CCCNC1. The number of hydrogen-bond acceptors (Lipinski definition) is 6. The highest BCUT2D eigenvalue weighted by Crippen LogP contribution is 2.21. The van der Waals surface area contributed by atoms with Crippen LogP contribution in [0.2, 0.25) is 0 Å². The van der Waals surface area contributed by atoms with Crippen LogP contribution in [0.5, 0.6) is 0 Å². The van der Waals surface area contributed by atoms with Crippen LogP contribution in [0.25, 0.3) is 10.7 Å². The summed E-state index contributed by atoms with van der Waals surface area (Å²) in [6.45, 7) is 2.88. The molecule has 1 aliphatic heterocycles. The van der Waals surface area contributed by atoms with Crippen LogP contribution >= 0.6 is 11.3 Å². The summed E-state index contributed by atoms with van der Waals surface area (Å²) in [6.07, 6.45) is 4.25. The molecule has 2 aromatic heterocycles. The Kier molecular flexibility index (Phi) is 5.76. The second kappa shape index (κ2) is 8.21. The van der Waals surface area contributed by atoms with Gasteiger partial charge in [0.2, 0.25) is 17.6 Å². The molecular formula is C16H22N4O2S. The van der Waals surface area contributed by atoms with Gasteiger partial charge >= 0.3 is 0 Å². The largest absolute Gasteiger partial charge is 0.356 e. The molecule has 0 radical (unpaired) electrons. The maximum absolute atomic E-state index is 11.9. The topological polar surface area (TPSA) is 80.0 Å². The van der Waals surface area contributed by atoms with Gasteiger partial charge in [0.05, 0.1) is 4.88 Å². The van der Waals surface area contributed by atoms with E-state index < -0.39 is 0 Å². The number of nitrogens with zero attached hydrogens (tertiary/aromatic N) is 2. The van der Waals surface area contributed by atoms with Gasteiger partial charge in [-0.3, -0.25) is 4.79 Å². The number of carbonyl (C=O) groups is 1. The van der Waals surface area contributed by atoms with Gasteiger partial charge in [-0.05, 0) is 49.7 Å². The Hall–Kier alpha value is -1.73. The number of piperidine rings is 1. The lowest BCUT2D eigenvalue weighted by atomic mass is 10.00. The summed E-state index contributed by atoms with van der Waals surface area (Å²) in [7, 11) is 0. The maximum atomic E-state index is 11.9. The van der Waals surface area contributed by atoms with Crippen molar-refractivity contribution in [2.75, 3.05) is 19.6 Å². The molecular weight excluding hydrogens is 312 g/mol. The molecule has 0 aliphatic carbocycles. The fourth-order valence-corrected chi connectivity index (χ4v) is 3.36. The van der Waals surface area contributed by atoms with E-state index in [1.165, 1.54) is 12.8 Å². The molecule has 3 heterocycles. The van der Waals surface area contributed by atoms with Gasteiger partial charge in [-0.1, -0.05) is 11.2 Å². The average Bonchev–Trinajstić information content (AvgIpc) is 3.25. The Bertz CT molecular complexity index is 605. The minimum atomic E-state index is 0.105. The van der Waals surface area contributed by atoms with Crippen molar-refractivity contribution >= 4 is 17.2 Å². The number of nitrogens with one attached hydrogen (secondary N) is 2. The third-order valence-corrected chi connectivity index (χ3v) is 4.86. The van der Waals surface area contributed by atoms with Gasteiger partial charge in [0.1, 0.15) is 0 Å². The molecule has 1 fully saturated rings. The maximum Gasteiger partial charge on any atom is 0.226 e. The monoisotopic (exact) mass is 334 g/mol. The molecule has 0 aromatic carbocycles. The number of hydrogen-bond donors (Lipinski definition) is 2. The first kappa shape index (κ1) is 16.1. The summed E-state index contributed by atoms with van der Waals surface area (Å²) >= 11 is 1.58. The second-order valence-corrected chi connectivity index (χ2v) is 6.81. The smallest absolute Gasteiger partial charge is 0.226 e. The molecule has 6 nitrogen and oxygen atoms in total. The number of thiophene rings is 1. The van der Waals surface area contributed by atoms with Crippen molar-refractivity contribution in [3.8, 4) is 10.7 Å². The van der Waals surface area contributed by atoms with E-state index in [9.17, 15) is 4.79 Å². The first-order valence-electron chi connectivity index (χ1n) is 8.15. The number of amides is 1. The van der Waals surface area contributed by atoms with Crippen molar-refractivity contribution < 1.29 is 9.32 Å². The summed E-state index contributed by atoms with van der Waals surface area (Å²) in [4.78, 5) is 17.2. The van der Waals surface area contributed by atoms with Gasteiger partial charge in [-0.2, -0.15) is 4.98 Å². The van der Waals surface area contributed by atoms with E-state index in [0.29, 0.717) is 30.5 Å². The lowest BCUT2D eigenvalue weighted by molar-refractivity contribution is -0.121. The molecule has 1 amide bonds. The van der Waals surface area contributed by atoms with Gasteiger partial charge in [-0.15, -0.1) is 11.3 Å². The molecule has 2 aromatic rings. The zero-order valence-corrected chi connectivity index (χ0v) is 13.9. The molecule has 124 valence electrons. The van der Waals surface area contributed by atoms with Crippen molar-refractivity contribution in [2.24, 2.45) is 5.92 Å². The quantitative estimate of drug-likeness (QED) is 0.812. The summed E-state index contributed by atoms with van der Waals surface area (Å²) in [5, 5.41) is 12.3. The van der Waals surface area contributed by atoms with Crippen LogP contribution in [0.1, 0.15) is 31.6 Å². The van der Waals surface area contributed by atoms with E-state index in [0.717, 1.165) is 30.9 Å². The molecule has 7 heteroatoms. The van der Waals surface area contributed by atoms with Crippen LogP contribution in [0.4, 0.5) is 0 Å². The Morgan fingerprint density at radius 3 is 3.26 bits per heavy atom. The zero-order chi connectivity index (χ0) is 15.9. The molecule has 0 saturated carbocycles. The third kappa shape index (κ3) is 4.87. The number of aryl methyl sites for hydroxylation is 1. The first-order valence-corrected chi connectivity index (χ1v) is 9.03. The summed E-state index contributed by atoms with van der Waals surface area (Å²) in [6, 6.07) is 3.93. The summed E-state index contributed by atoms with van der Waals surface area (Å²) < 4.78 is 5.23. The Morgan fingerprint density at radius 2 is 2.48 bits per heavy atom. The average molecular weight is 334 g/mol. The van der Waals surface area contributed by atoms with Crippen LogP contribution in [-0.2, 0) is 11.2 Å². The highest BCUT2D eigenvalue weighted by molar-refractivity contribution is 7.13. The van der Waals surface area contributed by atoms with E-state index in [4.69, 9.17) is 4.52 Å². The lowest BCUT2D eigenvalue weighted by Gasteiger charge is -2.22. The molecule has 1 aliphatic rings. The van der Waals surface area contributed by atoms with E-state index >= 15 is 0 Å². The predicted molar refractivity (Wildman–Crippen MR) is 89.2 cm³/mol. The molecule has 1 unspecified atom stereocenters. The predicted octanol–water partition coefficient (Wildman–Crippen LogP) is 2.24. The normalized spacial score (nSPS) is 18.0. The van der Waals surface area contributed by atoms with Crippen molar-refractivity contribution in [1.29, 1.82) is 0 Å². The number of carbonyl (C=O) groups excluding carboxylic acids is 1. The van der Waals surface area contributed by atoms with Crippen LogP contribution < -0.4 is 10.6 Å².